The second-order valence-corrected chi connectivity index (χ2v) is 7.94. The number of aromatic nitrogens is 1. The summed E-state index contributed by atoms with van der Waals surface area (Å²) in [4.78, 5) is 27.1. The Bertz CT molecular complexity index is 906. The highest BCUT2D eigenvalue weighted by Gasteiger charge is 2.26. The third-order valence-corrected chi connectivity index (χ3v) is 3.91. The van der Waals surface area contributed by atoms with E-state index >= 15 is 0 Å². The van der Waals surface area contributed by atoms with Gasteiger partial charge in [-0.05, 0) is 52.3 Å². The summed E-state index contributed by atoms with van der Waals surface area (Å²) in [5.41, 5.74) is -0.180. The predicted octanol–water partition coefficient (Wildman–Crippen LogP) is 4.50. The maximum absolute atomic E-state index is 12.2. The van der Waals surface area contributed by atoms with Crippen LogP contribution in [-0.2, 0) is 10.3 Å². The van der Waals surface area contributed by atoms with Crippen molar-refractivity contribution < 1.29 is 19.2 Å². The van der Waals surface area contributed by atoms with Crippen LogP contribution in [0.1, 0.15) is 40.2 Å². The molecular weight excluding hydrogens is 376 g/mol. The Balaban J connectivity index is 2.28. The number of hydrogen-bond donors (Lipinski definition) is 2. The highest BCUT2D eigenvalue weighted by molar-refractivity contribution is 5.70. The van der Waals surface area contributed by atoms with E-state index in [4.69, 9.17) is 9.47 Å². The first-order valence-electron chi connectivity index (χ1n) is 8.99. The molecule has 0 saturated carbocycles. The molecule has 0 spiro atoms. The molecule has 0 aliphatic heterocycles. The van der Waals surface area contributed by atoms with Gasteiger partial charge in [0.25, 0.3) is 0 Å². The second kappa shape index (κ2) is 8.34. The van der Waals surface area contributed by atoms with Crippen LogP contribution in [0.25, 0.3) is 0 Å². The molecule has 9 heteroatoms. The maximum Gasteiger partial charge on any atom is 0.408 e. The standard InChI is InChI=1S/C20H26N4O5/c1-19(2,3)29-18(25)23-20(4,5)13-8-7-9-14(12-13)21-17-15(24(26)27)10-11-16(22-17)28-6/h7-12H,1-6H3,(H,21,22)(H,23,25). The van der Waals surface area contributed by atoms with Crippen LogP contribution in [0, 0.1) is 10.1 Å². The summed E-state index contributed by atoms with van der Waals surface area (Å²) in [7, 11) is 1.43. The average molecular weight is 402 g/mol. The first-order valence-corrected chi connectivity index (χ1v) is 8.99. The predicted molar refractivity (Wildman–Crippen MR) is 110 cm³/mol. The summed E-state index contributed by atoms with van der Waals surface area (Å²) in [6.45, 7) is 9.04. The number of methoxy groups -OCH3 is 1. The molecule has 0 unspecified atom stereocenters. The van der Waals surface area contributed by atoms with Crippen LogP contribution in [0.5, 0.6) is 5.88 Å². The molecule has 29 heavy (non-hydrogen) atoms. The average Bonchev–Trinajstić information content (AvgIpc) is 2.59. The summed E-state index contributed by atoms with van der Waals surface area (Å²) in [5, 5.41) is 17.1. The molecule has 2 N–H and O–H groups in total. The zero-order chi connectivity index (χ0) is 21.8. The fourth-order valence-corrected chi connectivity index (χ4v) is 2.54. The summed E-state index contributed by atoms with van der Waals surface area (Å²) in [6, 6.07) is 9.90. The molecule has 2 aromatic rings. The zero-order valence-electron chi connectivity index (χ0n) is 17.4. The molecule has 0 bridgehead atoms. The largest absolute Gasteiger partial charge is 0.481 e. The molecule has 2 rings (SSSR count). The number of carbonyl (C=O) groups excluding carboxylic acids is 1. The van der Waals surface area contributed by atoms with Gasteiger partial charge < -0.3 is 20.1 Å². The van der Waals surface area contributed by atoms with Crippen molar-refractivity contribution in [3.8, 4) is 5.88 Å². The van der Waals surface area contributed by atoms with Crippen LogP contribution >= 0.6 is 0 Å². The zero-order valence-corrected chi connectivity index (χ0v) is 17.4. The summed E-state index contributed by atoms with van der Waals surface area (Å²) in [6.07, 6.45) is -0.536. The minimum Gasteiger partial charge on any atom is -0.481 e. The summed E-state index contributed by atoms with van der Waals surface area (Å²) in [5.74, 6) is 0.311. The van der Waals surface area contributed by atoms with Gasteiger partial charge in [-0.1, -0.05) is 12.1 Å². The number of nitrogens with one attached hydrogen (secondary N) is 2. The van der Waals surface area contributed by atoms with Gasteiger partial charge in [-0.2, -0.15) is 4.98 Å². The number of anilines is 2. The molecule has 9 nitrogen and oxygen atoms in total. The lowest BCUT2D eigenvalue weighted by Gasteiger charge is -2.29. The molecule has 0 aliphatic rings. The smallest absolute Gasteiger partial charge is 0.408 e. The van der Waals surface area contributed by atoms with E-state index in [-0.39, 0.29) is 17.4 Å². The number of amides is 1. The lowest BCUT2D eigenvalue weighted by Crippen LogP contribution is -2.43. The van der Waals surface area contributed by atoms with E-state index in [0.29, 0.717) is 5.69 Å². The molecule has 1 aromatic carbocycles. The summed E-state index contributed by atoms with van der Waals surface area (Å²) < 4.78 is 10.4. The van der Waals surface area contributed by atoms with E-state index in [2.05, 4.69) is 15.6 Å². The number of alkyl carbamates (subject to hydrolysis) is 1. The Labute approximate surface area is 169 Å². The normalized spacial score (nSPS) is 11.5. The van der Waals surface area contributed by atoms with E-state index < -0.39 is 22.2 Å². The van der Waals surface area contributed by atoms with E-state index in [1.807, 2.05) is 19.9 Å². The molecule has 0 atom stereocenters. The molecule has 156 valence electrons. The van der Waals surface area contributed by atoms with Gasteiger partial charge in [0.15, 0.2) is 0 Å². The summed E-state index contributed by atoms with van der Waals surface area (Å²) >= 11 is 0. The van der Waals surface area contributed by atoms with Crippen LogP contribution in [0.15, 0.2) is 36.4 Å². The minimum absolute atomic E-state index is 0.0596. The maximum atomic E-state index is 12.2. The van der Waals surface area contributed by atoms with Gasteiger partial charge >= 0.3 is 11.8 Å². The van der Waals surface area contributed by atoms with Gasteiger partial charge in [0.1, 0.15) is 5.60 Å². The third kappa shape index (κ3) is 6.06. The van der Waals surface area contributed by atoms with Crippen molar-refractivity contribution in [3.05, 3.63) is 52.1 Å². The number of nitro groups is 1. The number of rotatable bonds is 6. The monoisotopic (exact) mass is 402 g/mol. The number of nitrogens with zero attached hydrogens (tertiary/aromatic N) is 2. The van der Waals surface area contributed by atoms with Crippen LogP contribution in [0.4, 0.5) is 22.0 Å². The topological polar surface area (TPSA) is 116 Å². The molecule has 0 radical (unpaired) electrons. The van der Waals surface area contributed by atoms with Crippen molar-refractivity contribution in [1.82, 2.24) is 10.3 Å². The van der Waals surface area contributed by atoms with Crippen molar-refractivity contribution in [2.24, 2.45) is 0 Å². The van der Waals surface area contributed by atoms with E-state index in [1.165, 1.54) is 19.2 Å². The molecule has 0 saturated heterocycles. The minimum atomic E-state index is -0.742. The lowest BCUT2D eigenvalue weighted by atomic mass is 9.94. The van der Waals surface area contributed by atoms with Crippen LogP contribution in [-0.4, -0.2) is 28.7 Å². The fourth-order valence-electron chi connectivity index (χ4n) is 2.54. The first kappa shape index (κ1) is 21.9. The molecule has 1 heterocycles. The molecule has 0 aliphatic carbocycles. The van der Waals surface area contributed by atoms with Crippen molar-refractivity contribution in [2.45, 2.75) is 45.8 Å². The van der Waals surface area contributed by atoms with Crippen molar-refractivity contribution in [1.29, 1.82) is 0 Å². The highest BCUT2D eigenvalue weighted by atomic mass is 16.6. The molecule has 0 fully saturated rings. The number of benzene rings is 1. The fraction of sp³-hybridized carbons (Fsp3) is 0.400. The van der Waals surface area contributed by atoms with E-state index in [9.17, 15) is 14.9 Å². The van der Waals surface area contributed by atoms with E-state index in [1.54, 1.807) is 39.0 Å². The van der Waals surface area contributed by atoms with Crippen LogP contribution in [0.2, 0.25) is 0 Å². The Morgan fingerprint density at radius 1 is 1.14 bits per heavy atom. The first-order chi connectivity index (χ1) is 13.4. The lowest BCUT2D eigenvalue weighted by molar-refractivity contribution is -0.384. The number of carbonyl (C=O) groups is 1. The van der Waals surface area contributed by atoms with Gasteiger partial charge in [0.2, 0.25) is 11.7 Å². The molecule has 1 amide bonds. The Hall–Kier alpha value is -3.36. The second-order valence-electron chi connectivity index (χ2n) is 7.94. The Kier molecular flexibility index (Phi) is 6.31. The Morgan fingerprint density at radius 3 is 2.41 bits per heavy atom. The Morgan fingerprint density at radius 2 is 1.83 bits per heavy atom. The van der Waals surface area contributed by atoms with Crippen molar-refractivity contribution >= 4 is 23.3 Å². The van der Waals surface area contributed by atoms with Gasteiger partial charge in [-0.15, -0.1) is 0 Å². The van der Waals surface area contributed by atoms with Gasteiger partial charge in [-0.25, -0.2) is 4.79 Å². The van der Waals surface area contributed by atoms with Crippen LogP contribution in [0.3, 0.4) is 0 Å². The van der Waals surface area contributed by atoms with Gasteiger partial charge in [-0.3, -0.25) is 10.1 Å². The quantitative estimate of drug-likeness (QED) is 0.540. The van der Waals surface area contributed by atoms with E-state index in [0.717, 1.165) is 5.56 Å². The van der Waals surface area contributed by atoms with Crippen LogP contribution < -0.4 is 15.4 Å². The van der Waals surface area contributed by atoms with Crippen molar-refractivity contribution in [2.75, 3.05) is 12.4 Å². The highest BCUT2D eigenvalue weighted by Crippen LogP contribution is 2.30. The third-order valence-electron chi connectivity index (χ3n) is 3.91. The number of ether oxygens (including phenoxy) is 2. The molecular formula is C20H26N4O5. The number of pyridine rings is 1. The number of hydrogen-bond acceptors (Lipinski definition) is 7. The van der Waals surface area contributed by atoms with Crippen molar-refractivity contribution in [3.63, 3.8) is 0 Å². The molecule has 1 aromatic heterocycles. The SMILES string of the molecule is COc1ccc([N+](=O)[O-])c(Nc2cccc(C(C)(C)NC(=O)OC(C)(C)C)c2)n1. The van der Waals surface area contributed by atoms with Gasteiger partial charge in [0, 0.05) is 17.8 Å². The van der Waals surface area contributed by atoms with Gasteiger partial charge in [0.05, 0.1) is 17.6 Å².